The Labute approximate surface area is 138 Å². The van der Waals surface area contributed by atoms with Gasteiger partial charge in [-0.25, -0.2) is 0 Å². The Morgan fingerprint density at radius 2 is 2.26 bits per heavy atom. The first-order chi connectivity index (χ1) is 11.0. The Hall–Kier alpha value is -1.61. The van der Waals surface area contributed by atoms with E-state index in [1.165, 1.54) is 11.1 Å². The van der Waals surface area contributed by atoms with Crippen LogP contribution in [0.3, 0.4) is 0 Å². The molecule has 1 aliphatic heterocycles. The number of aromatic hydroxyl groups is 1. The van der Waals surface area contributed by atoms with E-state index in [9.17, 15) is 9.90 Å². The van der Waals surface area contributed by atoms with Crippen molar-refractivity contribution < 1.29 is 9.90 Å². The summed E-state index contributed by atoms with van der Waals surface area (Å²) >= 11 is 0. The average Bonchev–Trinajstić information content (AvgIpc) is 2.50. The van der Waals surface area contributed by atoms with Crippen molar-refractivity contribution in [3.63, 3.8) is 0 Å². The largest absolute Gasteiger partial charge is 0.508 e. The molecule has 4 rings (SSSR count). The highest BCUT2D eigenvalue weighted by atomic mass is 16.3. The maximum Gasteiger partial charge on any atom is 0.134 e. The van der Waals surface area contributed by atoms with Gasteiger partial charge in [0.2, 0.25) is 0 Å². The minimum Gasteiger partial charge on any atom is -0.508 e. The third kappa shape index (κ3) is 2.09. The predicted octanol–water partition coefficient (Wildman–Crippen LogP) is 3.06. The van der Waals surface area contributed by atoms with Crippen molar-refractivity contribution in [1.82, 2.24) is 4.90 Å². The van der Waals surface area contributed by atoms with Crippen LogP contribution >= 0.6 is 0 Å². The van der Waals surface area contributed by atoms with Gasteiger partial charge in [-0.1, -0.05) is 19.1 Å². The molecule has 3 nitrogen and oxygen atoms in total. The first-order valence-corrected chi connectivity index (χ1v) is 8.74. The van der Waals surface area contributed by atoms with Crippen molar-refractivity contribution in [1.29, 1.82) is 0 Å². The quantitative estimate of drug-likeness (QED) is 0.853. The van der Waals surface area contributed by atoms with Gasteiger partial charge in [0.1, 0.15) is 11.5 Å². The number of nitrogens with zero attached hydrogens (tertiary/aromatic N) is 1. The van der Waals surface area contributed by atoms with Crippen LogP contribution in [0.5, 0.6) is 5.75 Å². The zero-order chi connectivity index (χ0) is 16.2. The molecule has 3 heteroatoms. The molecule has 4 atom stereocenters. The topological polar surface area (TPSA) is 40.5 Å². The zero-order valence-corrected chi connectivity index (χ0v) is 13.8. The summed E-state index contributed by atoms with van der Waals surface area (Å²) in [5.41, 5.74) is 2.50. The Bertz CT molecular complexity index is 668. The van der Waals surface area contributed by atoms with E-state index in [-0.39, 0.29) is 5.41 Å². The Morgan fingerprint density at radius 3 is 3.04 bits per heavy atom. The molecule has 3 aliphatic rings. The summed E-state index contributed by atoms with van der Waals surface area (Å²) in [5, 5.41) is 10.0. The highest BCUT2D eigenvalue weighted by molar-refractivity contribution is 5.82. The number of Topliss-reactive ketones (excluding diaryl/α,β-unsaturated/α-hetero) is 1. The maximum absolute atomic E-state index is 12.4. The summed E-state index contributed by atoms with van der Waals surface area (Å²) in [5.74, 6) is 1.63. The molecule has 1 saturated heterocycles. The first kappa shape index (κ1) is 14.9. The van der Waals surface area contributed by atoms with Crippen LogP contribution in [0.15, 0.2) is 30.9 Å². The predicted molar refractivity (Wildman–Crippen MR) is 90.6 cm³/mol. The van der Waals surface area contributed by atoms with Crippen LogP contribution in [0.25, 0.3) is 0 Å². The lowest BCUT2D eigenvalue weighted by atomic mass is 9.49. The molecule has 0 aromatic heterocycles. The summed E-state index contributed by atoms with van der Waals surface area (Å²) in [6.07, 6.45) is 5.39. The van der Waals surface area contributed by atoms with Crippen molar-refractivity contribution in [2.24, 2.45) is 11.8 Å². The Morgan fingerprint density at radius 1 is 1.43 bits per heavy atom. The number of carbonyl (C=O) groups excluding carboxylic acids is 1. The molecule has 23 heavy (non-hydrogen) atoms. The molecule has 0 spiro atoms. The van der Waals surface area contributed by atoms with Crippen LogP contribution in [0.4, 0.5) is 0 Å². The molecule has 0 radical (unpaired) electrons. The van der Waals surface area contributed by atoms with Crippen molar-refractivity contribution >= 4 is 5.78 Å². The van der Waals surface area contributed by atoms with Gasteiger partial charge in [-0.15, -0.1) is 6.58 Å². The smallest absolute Gasteiger partial charge is 0.134 e. The molecule has 2 bridgehead atoms. The van der Waals surface area contributed by atoms with E-state index in [4.69, 9.17) is 0 Å². The molecule has 1 saturated carbocycles. The number of fused-ring (bicyclic) bond motifs is 1. The lowest BCUT2D eigenvalue weighted by Crippen LogP contribution is -2.64. The molecule has 1 aromatic rings. The third-order valence-corrected chi connectivity index (χ3v) is 6.46. The van der Waals surface area contributed by atoms with Gasteiger partial charge in [0.05, 0.1) is 0 Å². The summed E-state index contributed by atoms with van der Waals surface area (Å²) in [7, 11) is 0. The molecule has 1 heterocycles. The maximum atomic E-state index is 12.4. The number of hydrogen-bond acceptors (Lipinski definition) is 3. The van der Waals surface area contributed by atoms with Crippen LogP contribution in [-0.4, -0.2) is 34.9 Å². The van der Waals surface area contributed by atoms with Gasteiger partial charge in [-0.05, 0) is 54.5 Å². The Kier molecular flexibility index (Phi) is 3.38. The van der Waals surface area contributed by atoms with Gasteiger partial charge >= 0.3 is 0 Å². The number of likely N-dealkylation sites (tertiary alicyclic amines) is 1. The van der Waals surface area contributed by atoms with Crippen LogP contribution in [-0.2, 0) is 16.6 Å². The summed E-state index contributed by atoms with van der Waals surface area (Å²) in [6.45, 7) is 8.10. The molecular formula is C20H25NO2. The molecule has 1 aromatic carbocycles. The van der Waals surface area contributed by atoms with Crippen LogP contribution in [0.2, 0.25) is 0 Å². The van der Waals surface area contributed by atoms with Crippen molar-refractivity contribution in [3.05, 3.63) is 42.0 Å². The number of hydrogen-bond donors (Lipinski definition) is 1. The van der Waals surface area contributed by atoms with Gasteiger partial charge in [0.15, 0.2) is 0 Å². The normalized spacial score (nSPS) is 36.2. The number of rotatable bonds is 2. The SMILES string of the molecule is C=CCN1CCC23CC(=O)CC(C)[C@H]2C1Cc1ccc(O)cc13. The van der Waals surface area contributed by atoms with Gasteiger partial charge in [0.25, 0.3) is 0 Å². The minimum absolute atomic E-state index is 0.0661. The minimum atomic E-state index is -0.0661. The number of carbonyl (C=O) groups is 1. The fraction of sp³-hybridized carbons (Fsp3) is 0.550. The number of benzene rings is 1. The monoisotopic (exact) mass is 311 g/mol. The summed E-state index contributed by atoms with van der Waals surface area (Å²) < 4.78 is 0. The van der Waals surface area contributed by atoms with Crippen LogP contribution in [0, 0.1) is 11.8 Å². The van der Waals surface area contributed by atoms with E-state index < -0.39 is 0 Å². The van der Waals surface area contributed by atoms with E-state index in [1.54, 1.807) is 6.07 Å². The van der Waals surface area contributed by atoms with Gasteiger partial charge in [0, 0.05) is 30.8 Å². The van der Waals surface area contributed by atoms with Crippen molar-refractivity contribution in [2.75, 3.05) is 13.1 Å². The highest BCUT2D eigenvalue weighted by Crippen LogP contribution is 2.57. The fourth-order valence-corrected chi connectivity index (χ4v) is 5.80. The Balaban J connectivity index is 1.88. The van der Waals surface area contributed by atoms with Gasteiger partial charge in [-0.3, -0.25) is 9.69 Å². The van der Waals surface area contributed by atoms with E-state index in [0.717, 1.165) is 25.9 Å². The number of ketones is 1. The van der Waals surface area contributed by atoms with E-state index >= 15 is 0 Å². The second-order valence-corrected chi connectivity index (χ2v) is 7.73. The molecule has 1 N–H and O–H groups in total. The second kappa shape index (κ2) is 5.20. The first-order valence-electron chi connectivity index (χ1n) is 8.74. The molecule has 0 amide bonds. The van der Waals surface area contributed by atoms with Gasteiger partial charge < -0.3 is 5.11 Å². The fourth-order valence-electron chi connectivity index (χ4n) is 5.80. The molecule has 2 aliphatic carbocycles. The average molecular weight is 311 g/mol. The molecular weight excluding hydrogens is 286 g/mol. The standard InChI is InChI=1S/C20H25NO2/c1-3-7-21-8-6-20-12-16(23)9-13(2)19(20)18(21)10-14-4-5-15(22)11-17(14)20/h3-5,11,13,18-19,22H,1,6-10,12H2,2H3/t13?,18?,19-,20?/m0/s1. The van der Waals surface area contributed by atoms with Gasteiger partial charge in [-0.2, -0.15) is 0 Å². The lowest BCUT2D eigenvalue weighted by Gasteiger charge is -2.60. The molecule has 2 fully saturated rings. The lowest BCUT2D eigenvalue weighted by molar-refractivity contribution is -0.130. The summed E-state index contributed by atoms with van der Waals surface area (Å²) in [4.78, 5) is 15.0. The molecule has 122 valence electrons. The number of phenolic OH excluding ortho intramolecular Hbond substituents is 1. The van der Waals surface area contributed by atoms with E-state index in [1.807, 2.05) is 12.1 Å². The van der Waals surface area contributed by atoms with Crippen molar-refractivity contribution in [3.8, 4) is 5.75 Å². The highest BCUT2D eigenvalue weighted by Gasteiger charge is 2.57. The third-order valence-electron chi connectivity index (χ3n) is 6.46. The number of piperidine rings is 1. The summed E-state index contributed by atoms with van der Waals surface area (Å²) in [6, 6.07) is 6.28. The van der Waals surface area contributed by atoms with Crippen LogP contribution < -0.4 is 0 Å². The molecule has 3 unspecified atom stereocenters. The number of phenols is 1. The van der Waals surface area contributed by atoms with Crippen LogP contribution in [0.1, 0.15) is 37.3 Å². The van der Waals surface area contributed by atoms with E-state index in [0.29, 0.717) is 42.3 Å². The second-order valence-electron chi connectivity index (χ2n) is 7.73. The van der Waals surface area contributed by atoms with E-state index in [2.05, 4.69) is 24.5 Å². The zero-order valence-electron chi connectivity index (χ0n) is 13.8. The van der Waals surface area contributed by atoms with Crippen molar-refractivity contribution in [2.45, 2.75) is 44.1 Å².